The minimum atomic E-state index is -0.949. The number of rotatable bonds is 6. The number of benzene rings is 3. The van der Waals surface area contributed by atoms with E-state index in [9.17, 15) is 19.5 Å². The van der Waals surface area contributed by atoms with E-state index in [1.807, 2.05) is 105 Å². The number of fused-ring (bicyclic) bond motifs is 3. The predicted octanol–water partition coefficient (Wildman–Crippen LogP) is 5.05. The van der Waals surface area contributed by atoms with Gasteiger partial charge in [0.15, 0.2) is 0 Å². The highest BCUT2D eigenvalue weighted by Gasteiger charge is 2.72. The summed E-state index contributed by atoms with van der Waals surface area (Å²) in [5.41, 5.74) is 1.55. The molecular weight excluding hydrogens is 570 g/mol. The molecule has 4 heterocycles. The van der Waals surface area contributed by atoms with Gasteiger partial charge in [0.05, 0.1) is 29.2 Å². The van der Waals surface area contributed by atoms with Crippen LogP contribution in [0.5, 0.6) is 0 Å². The Labute approximate surface area is 262 Å². The molecule has 8 heteroatoms. The fraction of sp³-hybridized carbons (Fsp3) is 0.361. The summed E-state index contributed by atoms with van der Waals surface area (Å²) in [5.74, 6) is -1.92. The van der Waals surface area contributed by atoms with E-state index in [2.05, 4.69) is 6.08 Å². The van der Waals surface area contributed by atoms with Gasteiger partial charge in [0.25, 0.3) is 5.91 Å². The zero-order valence-electron chi connectivity index (χ0n) is 25.0. The van der Waals surface area contributed by atoms with E-state index in [0.29, 0.717) is 13.1 Å². The molecule has 0 aliphatic carbocycles. The van der Waals surface area contributed by atoms with Gasteiger partial charge in [-0.15, -0.1) is 11.8 Å². The molecule has 0 aromatic heterocycles. The number of carbonyl (C=O) groups is 3. The molecule has 0 saturated carbocycles. The molecular formula is C36H37N3O4S. The summed E-state index contributed by atoms with van der Waals surface area (Å²) in [6.07, 6.45) is 8.84. The van der Waals surface area contributed by atoms with Crippen molar-refractivity contribution in [1.82, 2.24) is 4.90 Å². The van der Waals surface area contributed by atoms with Crippen LogP contribution in [0, 0.1) is 17.8 Å². The van der Waals surface area contributed by atoms with Crippen LogP contribution in [0.3, 0.4) is 0 Å². The maximum atomic E-state index is 14.9. The Morgan fingerprint density at radius 2 is 1.57 bits per heavy atom. The standard InChI is InChI=1S/C36H37N3O4S/c1-3-23(2)28(22-40)39-32-35(43)38(27-17-16-24-11-7-8-12-25(24)21-27)20-10-18-36(32)31(34(39)42)30-29(44-36)15-9-19-37(33(30)41)26-13-5-4-6-14-26/h4-18,21,23,28-32,40H,3,19-20,22H2,1-2H3/t23-,28-,29+,30-,31-,32?,36-/m0/s1. The predicted molar refractivity (Wildman–Crippen MR) is 175 cm³/mol. The molecule has 1 unspecified atom stereocenters. The Balaban J connectivity index is 1.35. The lowest BCUT2D eigenvalue weighted by molar-refractivity contribution is -0.142. The summed E-state index contributed by atoms with van der Waals surface area (Å²) >= 11 is 1.57. The second kappa shape index (κ2) is 11.2. The summed E-state index contributed by atoms with van der Waals surface area (Å²) in [5, 5.41) is 12.6. The molecule has 4 aliphatic rings. The van der Waals surface area contributed by atoms with Gasteiger partial charge in [0, 0.05) is 29.7 Å². The van der Waals surface area contributed by atoms with Gasteiger partial charge < -0.3 is 19.8 Å². The largest absolute Gasteiger partial charge is 0.394 e. The van der Waals surface area contributed by atoms with Crippen molar-refractivity contribution in [2.75, 3.05) is 29.5 Å². The van der Waals surface area contributed by atoms with Crippen molar-refractivity contribution in [1.29, 1.82) is 0 Å². The number of para-hydroxylation sites is 1. The number of aliphatic hydroxyl groups excluding tert-OH is 1. The fourth-order valence-electron chi connectivity index (χ4n) is 7.66. The first kappa shape index (κ1) is 28.9. The van der Waals surface area contributed by atoms with Crippen LogP contribution in [0.25, 0.3) is 10.8 Å². The van der Waals surface area contributed by atoms with E-state index in [4.69, 9.17) is 0 Å². The lowest BCUT2D eigenvalue weighted by atomic mass is 9.78. The summed E-state index contributed by atoms with van der Waals surface area (Å²) in [6, 6.07) is 22.2. The first-order valence-corrected chi connectivity index (χ1v) is 16.4. The van der Waals surface area contributed by atoms with Gasteiger partial charge in [-0.2, -0.15) is 0 Å². The molecule has 0 radical (unpaired) electrons. The van der Waals surface area contributed by atoms with Crippen molar-refractivity contribution >= 4 is 51.6 Å². The smallest absolute Gasteiger partial charge is 0.251 e. The van der Waals surface area contributed by atoms with Crippen molar-refractivity contribution in [3.05, 3.63) is 97.1 Å². The topological polar surface area (TPSA) is 81.2 Å². The van der Waals surface area contributed by atoms with Crippen LogP contribution in [0.1, 0.15) is 20.3 Å². The molecule has 7 nitrogen and oxygen atoms in total. The molecule has 0 bridgehead atoms. The molecule has 1 N–H and O–H groups in total. The average molecular weight is 608 g/mol. The first-order chi connectivity index (χ1) is 21.4. The molecule has 44 heavy (non-hydrogen) atoms. The molecule has 2 fully saturated rings. The van der Waals surface area contributed by atoms with E-state index in [0.717, 1.165) is 28.6 Å². The van der Waals surface area contributed by atoms with Crippen molar-refractivity contribution in [3.63, 3.8) is 0 Å². The van der Waals surface area contributed by atoms with Crippen LogP contribution in [0.15, 0.2) is 97.1 Å². The number of thioether (sulfide) groups is 1. The Morgan fingerprint density at radius 1 is 0.864 bits per heavy atom. The molecule has 226 valence electrons. The van der Waals surface area contributed by atoms with E-state index >= 15 is 0 Å². The average Bonchev–Trinajstić information content (AvgIpc) is 3.36. The summed E-state index contributed by atoms with van der Waals surface area (Å²) < 4.78 is -0.949. The van der Waals surface area contributed by atoms with E-state index in [-0.39, 0.29) is 35.5 Å². The number of aliphatic hydroxyl groups is 1. The fourth-order valence-corrected chi connectivity index (χ4v) is 9.66. The third-order valence-electron chi connectivity index (χ3n) is 10.1. The zero-order chi connectivity index (χ0) is 30.6. The molecule has 3 aromatic carbocycles. The molecule has 2 saturated heterocycles. The van der Waals surface area contributed by atoms with Crippen LogP contribution in [-0.4, -0.2) is 69.5 Å². The van der Waals surface area contributed by atoms with Crippen molar-refractivity contribution in [2.45, 2.75) is 42.3 Å². The highest BCUT2D eigenvalue weighted by atomic mass is 32.2. The summed E-state index contributed by atoms with van der Waals surface area (Å²) in [7, 11) is 0. The van der Waals surface area contributed by atoms with Gasteiger partial charge in [-0.1, -0.05) is 93.1 Å². The highest BCUT2D eigenvalue weighted by Crippen LogP contribution is 2.61. The number of likely N-dealkylation sites (tertiary alicyclic amines) is 1. The normalized spacial score (nSPS) is 29.3. The van der Waals surface area contributed by atoms with Crippen LogP contribution in [-0.2, 0) is 14.4 Å². The zero-order valence-corrected chi connectivity index (χ0v) is 25.8. The number of anilines is 2. The number of hydrogen-bond acceptors (Lipinski definition) is 5. The Bertz CT molecular complexity index is 1670. The number of carbonyl (C=O) groups excluding carboxylic acids is 3. The summed E-state index contributed by atoms with van der Waals surface area (Å²) in [4.78, 5) is 49.3. The van der Waals surface area contributed by atoms with Crippen LogP contribution >= 0.6 is 11.8 Å². The number of hydrogen-bond donors (Lipinski definition) is 1. The van der Waals surface area contributed by atoms with Gasteiger partial charge in [0.1, 0.15) is 6.04 Å². The Morgan fingerprint density at radius 3 is 2.32 bits per heavy atom. The highest BCUT2D eigenvalue weighted by molar-refractivity contribution is 8.02. The third kappa shape index (κ3) is 4.33. The van der Waals surface area contributed by atoms with Crippen LogP contribution in [0.4, 0.5) is 11.4 Å². The minimum absolute atomic E-state index is 0.0414. The van der Waals surface area contributed by atoms with Crippen LogP contribution in [0.2, 0.25) is 0 Å². The first-order valence-electron chi connectivity index (χ1n) is 15.5. The van der Waals surface area contributed by atoms with Gasteiger partial charge in [-0.05, 0) is 41.0 Å². The monoisotopic (exact) mass is 607 g/mol. The molecule has 7 atom stereocenters. The summed E-state index contributed by atoms with van der Waals surface area (Å²) in [6.45, 7) is 4.57. The molecule has 3 amide bonds. The van der Waals surface area contributed by atoms with E-state index in [1.165, 1.54) is 0 Å². The van der Waals surface area contributed by atoms with E-state index < -0.39 is 28.7 Å². The van der Waals surface area contributed by atoms with Crippen molar-refractivity contribution in [2.24, 2.45) is 17.8 Å². The Kier molecular flexibility index (Phi) is 7.37. The van der Waals surface area contributed by atoms with Gasteiger partial charge in [0.2, 0.25) is 11.8 Å². The second-order valence-electron chi connectivity index (χ2n) is 12.3. The van der Waals surface area contributed by atoms with Crippen molar-refractivity contribution < 1.29 is 19.5 Å². The minimum Gasteiger partial charge on any atom is -0.394 e. The molecule has 4 aliphatic heterocycles. The molecule has 7 rings (SSSR count). The van der Waals surface area contributed by atoms with Gasteiger partial charge in [-0.25, -0.2) is 0 Å². The number of nitrogens with zero attached hydrogens (tertiary/aromatic N) is 3. The maximum absolute atomic E-state index is 14.9. The lowest BCUT2D eigenvalue weighted by Crippen LogP contribution is -2.58. The van der Waals surface area contributed by atoms with Gasteiger partial charge >= 0.3 is 0 Å². The quantitative estimate of drug-likeness (QED) is 0.397. The Hall–Kier alpha value is -3.88. The maximum Gasteiger partial charge on any atom is 0.251 e. The van der Waals surface area contributed by atoms with Crippen LogP contribution < -0.4 is 9.80 Å². The number of amides is 3. The molecule has 3 aromatic rings. The van der Waals surface area contributed by atoms with E-state index in [1.54, 1.807) is 26.5 Å². The SMILES string of the molecule is CC[C@H](C)[C@H](CO)N1C(=O)[C@@H]2[C@H]3C(=O)N(c4ccccc4)CC=C[C@H]3S[C@@]23C=CCN(c2ccc4ccccc4c2)C(=O)C13. The van der Waals surface area contributed by atoms with Crippen molar-refractivity contribution in [3.8, 4) is 0 Å². The molecule has 1 spiro atoms. The third-order valence-corrected chi connectivity index (χ3v) is 11.8. The van der Waals surface area contributed by atoms with Gasteiger partial charge in [-0.3, -0.25) is 14.4 Å². The lowest BCUT2D eigenvalue weighted by Gasteiger charge is -2.40. The second-order valence-corrected chi connectivity index (χ2v) is 13.8.